The number of aryl methyl sites for hydroxylation is 2. The molecule has 2 aromatic heterocycles. The largest absolute Gasteiger partial charge is 0.364 e. The molecule has 1 N–H and O–H groups in total. The van der Waals surface area contributed by atoms with Gasteiger partial charge in [-0.15, -0.1) is 0 Å². The average Bonchev–Trinajstić information content (AvgIpc) is 2.39. The van der Waals surface area contributed by atoms with Crippen molar-refractivity contribution in [2.24, 2.45) is 0 Å². The molecule has 2 heterocycles. The van der Waals surface area contributed by atoms with E-state index in [-0.39, 0.29) is 5.69 Å². The van der Waals surface area contributed by atoms with Crippen molar-refractivity contribution in [1.82, 2.24) is 15.0 Å². The average molecular weight is 259 g/mol. The first-order chi connectivity index (χ1) is 9.06. The number of hydrogen-bond acceptors (Lipinski definition) is 6. The second kappa shape index (κ2) is 5.38. The van der Waals surface area contributed by atoms with Gasteiger partial charge in [-0.3, -0.25) is 20.1 Å². The van der Waals surface area contributed by atoms with Crippen LogP contribution >= 0.6 is 0 Å². The minimum atomic E-state index is -0.463. The summed E-state index contributed by atoms with van der Waals surface area (Å²) < 4.78 is 0. The van der Waals surface area contributed by atoms with Gasteiger partial charge in [-0.2, -0.15) is 0 Å². The van der Waals surface area contributed by atoms with Gasteiger partial charge in [0.15, 0.2) is 0 Å². The molecule has 0 fully saturated rings. The minimum Gasteiger partial charge on any atom is -0.364 e. The number of hydrogen-bond donors (Lipinski definition) is 1. The fraction of sp³-hybridized carbons (Fsp3) is 0.250. The van der Waals surface area contributed by atoms with Crippen molar-refractivity contribution in [3.05, 3.63) is 51.7 Å². The van der Waals surface area contributed by atoms with Gasteiger partial charge in [0.2, 0.25) is 0 Å². The van der Waals surface area contributed by atoms with Gasteiger partial charge in [-0.05, 0) is 19.4 Å². The van der Waals surface area contributed by atoms with Crippen LogP contribution in [0.25, 0.3) is 0 Å². The summed E-state index contributed by atoms with van der Waals surface area (Å²) in [6.07, 6.45) is 4.60. The van der Waals surface area contributed by atoms with Crippen molar-refractivity contribution < 1.29 is 4.92 Å². The predicted molar refractivity (Wildman–Crippen MR) is 69.7 cm³/mol. The number of nitro groups is 1. The van der Waals surface area contributed by atoms with Gasteiger partial charge in [-0.25, -0.2) is 4.98 Å². The van der Waals surface area contributed by atoms with Crippen LogP contribution < -0.4 is 5.32 Å². The molecule has 0 saturated heterocycles. The molecule has 0 spiro atoms. The molecule has 7 heteroatoms. The minimum absolute atomic E-state index is 0.0156. The summed E-state index contributed by atoms with van der Waals surface area (Å²) in [5, 5.41) is 13.7. The van der Waals surface area contributed by atoms with E-state index in [1.54, 1.807) is 19.3 Å². The molecule has 0 radical (unpaired) electrons. The van der Waals surface area contributed by atoms with Gasteiger partial charge >= 0.3 is 0 Å². The summed E-state index contributed by atoms with van der Waals surface area (Å²) in [6, 6.07) is 1.48. The number of pyridine rings is 1. The van der Waals surface area contributed by atoms with Crippen LogP contribution in [-0.4, -0.2) is 19.9 Å². The lowest BCUT2D eigenvalue weighted by Crippen LogP contribution is -2.05. The van der Waals surface area contributed by atoms with Crippen LogP contribution in [0.5, 0.6) is 0 Å². The lowest BCUT2D eigenvalue weighted by Gasteiger charge is -2.07. The Labute approximate surface area is 109 Å². The van der Waals surface area contributed by atoms with E-state index >= 15 is 0 Å². The first-order valence-corrected chi connectivity index (χ1v) is 5.68. The molecule has 0 amide bonds. The molecule has 2 aromatic rings. The SMILES string of the molecule is Cc1cnc(CNc2ncc([N+](=O)[O-])cc2C)cn1. The number of rotatable bonds is 4. The van der Waals surface area contributed by atoms with Crippen molar-refractivity contribution in [3.8, 4) is 0 Å². The molecule has 0 saturated carbocycles. The van der Waals surface area contributed by atoms with Gasteiger partial charge in [-0.1, -0.05) is 0 Å². The van der Waals surface area contributed by atoms with E-state index in [1.807, 2.05) is 6.92 Å². The Kier molecular flexibility index (Phi) is 3.65. The smallest absolute Gasteiger partial charge is 0.287 e. The molecular weight excluding hydrogens is 246 g/mol. The summed E-state index contributed by atoms with van der Waals surface area (Å²) in [7, 11) is 0. The van der Waals surface area contributed by atoms with Gasteiger partial charge < -0.3 is 5.32 Å². The maximum absolute atomic E-state index is 10.6. The van der Waals surface area contributed by atoms with E-state index in [0.29, 0.717) is 17.9 Å². The molecule has 7 nitrogen and oxygen atoms in total. The zero-order valence-electron chi connectivity index (χ0n) is 10.6. The molecule has 2 rings (SSSR count). The molecule has 0 aliphatic heterocycles. The fourth-order valence-electron chi connectivity index (χ4n) is 1.53. The molecule has 98 valence electrons. The summed E-state index contributed by atoms with van der Waals surface area (Å²) >= 11 is 0. The fourth-order valence-corrected chi connectivity index (χ4v) is 1.53. The van der Waals surface area contributed by atoms with Gasteiger partial charge in [0.25, 0.3) is 5.69 Å². The lowest BCUT2D eigenvalue weighted by atomic mass is 10.2. The Balaban J connectivity index is 2.07. The standard InChI is InChI=1S/C12H13N5O2/c1-8-3-11(17(18)19)7-16-12(8)15-6-10-5-13-9(2)4-14-10/h3-5,7H,6H2,1-2H3,(H,15,16). The van der Waals surface area contributed by atoms with Crippen LogP contribution in [-0.2, 0) is 6.54 Å². The Bertz CT molecular complexity index is 598. The van der Waals surface area contributed by atoms with Crippen LogP contribution in [0.1, 0.15) is 17.0 Å². The quantitative estimate of drug-likeness (QED) is 0.666. The number of nitrogens with zero attached hydrogens (tertiary/aromatic N) is 4. The molecule has 0 atom stereocenters. The highest BCUT2D eigenvalue weighted by Gasteiger charge is 2.09. The van der Waals surface area contributed by atoms with E-state index in [1.165, 1.54) is 12.3 Å². The molecule has 0 aliphatic rings. The normalized spacial score (nSPS) is 10.2. The van der Waals surface area contributed by atoms with Crippen LogP contribution in [0.15, 0.2) is 24.7 Å². The number of anilines is 1. The number of nitrogens with one attached hydrogen (secondary N) is 1. The lowest BCUT2D eigenvalue weighted by molar-refractivity contribution is -0.385. The van der Waals surface area contributed by atoms with Crippen LogP contribution in [0, 0.1) is 24.0 Å². The van der Waals surface area contributed by atoms with E-state index in [9.17, 15) is 10.1 Å². The Morgan fingerprint density at radius 3 is 2.58 bits per heavy atom. The molecule has 19 heavy (non-hydrogen) atoms. The van der Waals surface area contributed by atoms with Crippen molar-refractivity contribution >= 4 is 11.5 Å². The second-order valence-corrected chi connectivity index (χ2v) is 4.12. The summed E-state index contributed by atoms with van der Waals surface area (Å²) in [5.41, 5.74) is 2.34. The third-order valence-electron chi connectivity index (χ3n) is 2.55. The van der Waals surface area contributed by atoms with E-state index < -0.39 is 4.92 Å². The highest BCUT2D eigenvalue weighted by molar-refractivity contribution is 5.48. The van der Waals surface area contributed by atoms with Gasteiger partial charge in [0, 0.05) is 12.3 Å². The molecule has 0 unspecified atom stereocenters. The maximum Gasteiger partial charge on any atom is 0.287 e. The van der Waals surface area contributed by atoms with Gasteiger partial charge in [0.05, 0.1) is 29.1 Å². The first kappa shape index (κ1) is 12.9. The Hall–Kier alpha value is -2.57. The topological polar surface area (TPSA) is 93.8 Å². The highest BCUT2D eigenvalue weighted by atomic mass is 16.6. The van der Waals surface area contributed by atoms with Crippen LogP contribution in [0.3, 0.4) is 0 Å². The second-order valence-electron chi connectivity index (χ2n) is 4.12. The van der Waals surface area contributed by atoms with Gasteiger partial charge in [0.1, 0.15) is 12.0 Å². The van der Waals surface area contributed by atoms with Crippen LogP contribution in [0.2, 0.25) is 0 Å². The molecule has 0 bridgehead atoms. The van der Waals surface area contributed by atoms with Crippen molar-refractivity contribution in [2.45, 2.75) is 20.4 Å². The van der Waals surface area contributed by atoms with Crippen molar-refractivity contribution in [1.29, 1.82) is 0 Å². The Morgan fingerprint density at radius 2 is 2.00 bits per heavy atom. The van der Waals surface area contributed by atoms with Crippen molar-refractivity contribution in [3.63, 3.8) is 0 Å². The Morgan fingerprint density at radius 1 is 1.21 bits per heavy atom. The predicted octanol–water partition coefficient (Wildman–Crippen LogP) is 2.01. The summed E-state index contributed by atoms with van der Waals surface area (Å²) in [6.45, 7) is 4.11. The number of aromatic nitrogens is 3. The van der Waals surface area contributed by atoms with Crippen LogP contribution in [0.4, 0.5) is 11.5 Å². The highest BCUT2D eigenvalue weighted by Crippen LogP contribution is 2.18. The first-order valence-electron chi connectivity index (χ1n) is 5.68. The van der Waals surface area contributed by atoms with Crippen molar-refractivity contribution in [2.75, 3.05) is 5.32 Å². The zero-order chi connectivity index (χ0) is 13.8. The van der Waals surface area contributed by atoms with E-state index in [2.05, 4.69) is 20.3 Å². The zero-order valence-corrected chi connectivity index (χ0v) is 10.6. The summed E-state index contributed by atoms with van der Waals surface area (Å²) in [4.78, 5) is 22.5. The third-order valence-corrected chi connectivity index (χ3v) is 2.55. The molecule has 0 aliphatic carbocycles. The third kappa shape index (κ3) is 3.21. The summed E-state index contributed by atoms with van der Waals surface area (Å²) in [5.74, 6) is 0.605. The molecule has 0 aromatic carbocycles. The van der Waals surface area contributed by atoms with E-state index in [4.69, 9.17) is 0 Å². The van der Waals surface area contributed by atoms with E-state index in [0.717, 1.165) is 11.4 Å². The maximum atomic E-state index is 10.6. The molecular formula is C12H13N5O2. The monoisotopic (exact) mass is 259 g/mol.